The second-order valence-corrected chi connectivity index (χ2v) is 10.4. The molecule has 0 aromatic heterocycles. The third kappa shape index (κ3) is 8.64. The van der Waals surface area contributed by atoms with Crippen LogP contribution in [0.1, 0.15) is 45.6 Å². The Morgan fingerprint density at radius 2 is 1.75 bits per heavy atom. The minimum absolute atomic E-state index is 0.243. The van der Waals surface area contributed by atoms with Gasteiger partial charge in [0.25, 0.3) is 0 Å². The molecular formula is C27H40N4O5. The topological polar surface area (TPSA) is 109 Å². The molecule has 0 saturated carbocycles. The fourth-order valence-electron chi connectivity index (χ4n) is 4.31. The van der Waals surface area contributed by atoms with Crippen molar-refractivity contribution in [1.29, 1.82) is 0 Å². The molecule has 2 aliphatic rings. The van der Waals surface area contributed by atoms with E-state index in [4.69, 9.17) is 9.47 Å². The molecule has 1 saturated heterocycles. The quantitative estimate of drug-likeness (QED) is 0.336. The van der Waals surface area contributed by atoms with Gasteiger partial charge in [0.1, 0.15) is 17.2 Å². The van der Waals surface area contributed by atoms with Crippen LogP contribution in [0.15, 0.2) is 42.5 Å². The first kappa shape index (κ1) is 27.7. The number of rotatable bonds is 10. The summed E-state index contributed by atoms with van der Waals surface area (Å²) in [5.41, 5.74) is -0.941. The second-order valence-electron chi connectivity index (χ2n) is 10.4. The number of hydrogen-bond donors (Lipinski definition) is 3. The number of carbonyl (C=O) groups excluding carboxylic acids is 3. The number of carbonyl (C=O) groups is 3. The van der Waals surface area contributed by atoms with Crippen molar-refractivity contribution in [2.24, 2.45) is 0 Å². The van der Waals surface area contributed by atoms with Gasteiger partial charge in [-0.1, -0.05) is 42.5 Å². The average molecular weight is 501 g/mol. The zero-order chi connectivity index (χ0) is 26.0. The van der Waals surface area contributed by atoms with Crippen LogP contribution in [0.2, 0.25) is 0 Å². The Balaban J connectivity index is 1.63. The molecule has 1 heterocycles. The molecule has 1 aromatic carbocycles. The molecule has 3 rings (SSSR count). The number of nitrogens with zero attached hydrogens (tertiary/aromatic N) is 1. The number of amides is 3. The number of benzene rings is 1. The van der Waals surface area contributed by atoms with Crippen LogP contribution in [0.3, 0.4) is 0 Å². The first-order valence-electron chi connectivity index (χ1n) is 12.8. The van der Waals surface area contributed by atoms with Gasteiger partial charge in [-0.3, -0.25) is 14.5 Å². The average Bonchev–Trinajstić information content (AvgIpc) is 3.31. The fourth-order valence-corrected chi connectivity index (χ4v) is 4.31. The van der Waals surface area contributed by atoms with E-state index in [0.29, 0.717) is 25.8 Å². The van der Waals surface area contributed by atoms with Crippen LogP contribution >= 0.6 is 0 Å². The number of alkyl carbamates (subject to hydrolysis) is 1. The summed E-state index contributed by atoms with van der Waals surface area (Å²) < 4.78 is 10.8. The molecule has 198 valence electrons. The second kappa shape index (κ2) is 12.9. The van der Waals surface area contributed by atoms with E-state index >= 15 is 0 Å². The van der Waals surface area contributed by atoms with Crippen LogP contribution in [0, 0.1) is 0 Å². The SMILES string of the molecule is CC(C)(C)OC(=O)NC1(C(=O)N[C@H](Cc2ccccc2)C(=O)NCCCN2CCOCC2)CC=CC1. The van der Waals surface area contributed by atoms with Crippen molar-refractivity contribution in [3.8, 4) is 0 Å². The predicted molar refractivity (Wildman–Crippen MR) is 137 cm³/mol. The van der Waals surface area contributed by atoms with Gasteiger partial charge in [0.15, 0.2) is 0 Å². The molecule has 1 aromatic rings. The highest BCUT2D eigenvalue weighted by Gasteiger charge is 2.42. The first-order valence-corrected chi connectivity index (χ1v) is 12.8. The lowest BCUT2D eigenvalue weighted by atomic mass is 9.94. The molecule has 9 heteroatoms. The van der Waals surface area contributed by atoms with Gasteiger partial charge in [0.2, 0.25) is 11.8 Å². The van der Waals surface area contributed by atoms with Gasteiger partial charge >= 0.3 is 6.09 Å². The maximum Gasteiger partial charge on any atom is 0.408 e. The van der Waals surface area contributed by atoms with E-state index in [1.807, 2.05) is 42.5 Å². The Bertz CT molecular complexity index is 898. The lowest BCUT2D eigenvalue weighted by Crippen LogP contribution is -2.61. The van der Waals surface area contributed by atoms with Gasteiger partial charge in [-0.15, -0.1) is 0 Å². The Morgan fingerprint density at radius 3 is 2.39 bits per heavy atom. The predicted octanol–water partition coefficient (Wildman–Crippen LogP) is 2.17. The van der Waals surface area contributed by atoms with E-state index in [-0.39, 0.29) is 5.91 Å². The zero-order valence-corrected chi connectivity index (χ0v) is 21.7. The summed E-state index contributed by atoms with van der Waals surface area (Å²) in [5.74, 6) is -0.643. The van der Waals surface area contributed by atoms with Crippen molar-refractivity contribution < 1.29 is 23.9 Å². The number of hydrogen-bond acceptors (Lipinski definition) is 6. The summed E-state index contributed by atoms with van der Waals surface area (Å²) >= 11 is 0. The summed E-state index contributed by atoms with van der Waals surface area (Å²) in [6.45, 7) is 10.00. The molecule has 0 unspecified atom stereocenters. The van der Waals surface area contributed by atoms with E-state index in [1.165, 1.54) is 0 Å². The molecule has 1 aliphatic carbocycles. The van der Waals surface area contributed by atoms with Crippen molar-refractivity contribution in [2.45, 2.75) is 63.6 Å². The molecular weight excluding hydrogens is 460 g/mol. The van der Waals surface area contributed by atoms with Crippen LogP contribution in [0.25, 0.3) is 0 Å². The lowest BCUT2D eigenvalue weighted by Gasteiger charge is -2.32. The fraction of sp³-hybridized carbons (Fsp3) is 0.593. The molecule has 1 fully saturated rings. The van der Waals surface area contributed by atoms with E-state index in [0.717, 1.165) is 44.8 Å². The zero-order valence-electron chi connectivity index (χ0n) is 21.7. The van der Waals surface area contributed by atoms with Crippen molar-refractivity contribution in [2.75, 3.05) is 39.4 Å². The van der Waals surface area contributed by atoms with Crippen LogP contribution in [-0.2, 0) is 25.5 Å². The molecule has 0 bridgehead atoms. The molecule has 1 atom stereocenters. The molecule has 36 heavy (non-hydrogen) atoms. The van der Waals surface area contributed by atoms with E-state index < -0.39 is 29.2 Å². The van der Waals surface area contributed by atoms with Crippen LogP contribution in [-0.4, -0.2) is 79.4 Å². The highest BCUT2D eigenvalue weighted by atomic mass is 16.6. The van der Waals surface area contributed by atoms with Crippen molar-refractivity contribution in [3.63, 3.8) is 0 Å². The monoisotopic (exact) mass is 500 g/mol. The van der Waals surface area contributed by atoms with Gasteiger partial charge in [0.05, 0.1) is 13.2 Å². The number of ether oxygens (including phenoxy) is 2. The van der Waals surface area contributed by atoms with Crippen molar-refractivity contribution in [3.05, 3.63) is 48.0 Å². The van der Waals surface area contributed by atoms with E-state index in [9.17, 15) is 14.4 Å². The smallest absolute Gasteiger partial charge is 0.408 e. The Hall–Kier alpha value is -2.91. The summed E-state index contributed by atoms with van der Waals surface area (Å²) in [6, 6.07) is 8.79. The maximum atomic E-state index is 13.5. The van der Waals surface area contributed by atoms with Gasteiger partial charge in [0, 0.05) is 26.1 Å². The van der Waals surface area contributed by atoms with Gasteiger partial charge in [-0.2, -0.15) is 0 Å². The van der Waals surface area contributed by atoms with E-state index in [1.54, 1.807) is 20.8 Å². The lowest BCUT2D eigenvalue weighted by molar-refractivity contribution is -0.132. The number of nitrogens with one attached hydrogen (secondary N) is 3. The Morgan fingerprint density at radius 1 is 1.08 bits per heavy atom. The molecule has 3 amide bonds. The summed E-state index contributed by atoms with van der Waals surface area (Å²) in [4.78, 5) is 41.5. The highest BCUT2D eigenvalue weighted by Crippen LogP contribution is 2.25. The first-order chi connectivity index (χ1) is 17.2. The maximum absolute atomic E-state index is 13.5. The number of morpholine rings is 1. The van der Waals surface area contributed by atoms with Gasteiger partial charge < -0.3 is 25.4 Å². The van der Waals surface area contributed by atoms with E-state index in [2.05, 4.69) is 20.9 Å². The summed E-state index contributed by atoms with van der Waals surface area (Å²) in [6.07, 6.45) is 4.87. The molecule has 0 radical (unpaired) electrons. The standard InChI is InChI=1S/C27H40N4O5/c1-26(2,3)36-25(34)30-27(12-7-8-13-27)24(33)29-22(20-21-10-5-4-6-11-21)23(32)28-14-9-15-31-16-18-35-19-17-31/h4-8,10-11,22H,9,12-20H2,1-3H3,(H,28,32)(H,29,33)(H,30,34)/t22-/m1/s1. The van der Waals surface area contributed by atoms with Gasteiger partial charge in [-0.25, -0.2) is 4.79 Å². The van der Waals surface area contributed by atoms with Crippen LogP contribution in [0.5, 0.6) is 0 Å². The molecule has 0 spiro atoms. The Kier molecular flexibility index (Phi) is 9.89. The van der Waals surface area contributed by atoms with Crippen LogP contribution in [0.4, 0.5) is 4.79 Å². The third-order valence-electron chi connectivity index (χ3n) is 6.23. The largest absolute Gasteiger partial charge is 0.444 e. The summed E-state index contributed by atoms with van der Waals surface area (Å²) in [5, 5.41) is 8.66. The van der Waals surface area contributed by atoms with Gasteiger partial charge in [-0.05, 0) is 52.1 Å². The van der Waals surface area contributed by atoms with Crippen molar-refractivity contribution >= 4 is 17.9 Å². The third-order valence-corrected chi connectivity index (χ3v) is 6.23. The minimum Gasteiger partial charge on any atom is -0.444 e. The molecule has 1 aliphatic heterocycles. The summed E-state index contributed by atoms with van der Waals surface area (Å²) in [7, 11) is 0. The van der Waals surface area contributed by atoms with Crippen LogP contribution < -0.4 is 16.0 Å². The highest BCUT2D eigenvalue weighted by molar-refractivity contribution is 5.95. The Labute approximate surface area is 214 Å². The van der Waals surface area contributed by atoms with Crippen molar-refractivity contribution in [1.82, 2.24) is 20.9 Å². The normalized spacial score (nSPS) is 18.3. The molecule has 3 N–H and O–H groups in total. The molecule has 9 nitrogen and oxygen atoms in total. The minimum atomic E-state index is -1.19.